The number of allylic oxidation sites excluding steroid dienone is 12. The van der Waals surface area contributed by atoms with Gasteiger partial charge < -0.3 is 10.4 Å². The number of aliphatic hydroxyl groups excluding tert-OH is 1. The maximum absolute atomic E-state index is 11.1. The highest BCUT2D eigenvalue weighted by atomic mass is 16.3. The number of rotatable bonds is 4. The average Bonchev–Trinajstić information content (AvgIpc) is 3.63. The average molecular weight is 505 g/mol. The summed E-state index contributed by atoms with van der Waals surface area (Å²) in [7, 11) is 0. The van der Waals surface area contributed by atoms with Gasteiger partial charge in [0.2, 0.25) is 0 Å². The van der Waals surface area contributed by atoms with Gasteiger partial charge in [-0.3, -0.25) is 0 Å². The maximum atomic E-state index is 11.1. The van der Waals surface area contributed by atoms with Crippen LogP contribution in [0.25, 0.3) is 0 Å². The summed E-state index contributed by atoms with van der Waals surface area (Å²) in [5.41, 5.74) is 15.5. The number of fused-ring (bicyclic) bond motifs is 5. The molecule has 0 aromatic heterocycles. The van der Waals surface area contributed by atoms with E-state index in [2.05, 4.69) is 71.7 Å². The molecule has 0 spiro atoms. The maximum Gasteiger partial charge on any atom is 0.106 e. The van der Waals surface area contributed by atoms with Crippen LogP contribution in [0.5, 0.6) is 0 Å². The van der Waals surface area contributed by atoms with Crippen LogP contribution in [0.2, 0.25) is 0 Å². The molecule has 5 nitrogen and oxygen atoms in total. The fourth-order valence-corrected chi connectivity index (χ4v) is 6.69. The molecule has 1 fully saturated rings. The first-order valence-electron chi connectivity index (χ1n) is 13.9. The lowest BCUT2D eigenvalue weighted by Gasteiger charge is -2.17. The standard InChI is InChI=1S/C33H36N4O/c1-8-11-22-18(6)26-13-24-16(4)20(9-2)28(34-24)14-25-17(5)21(10-3)29(35-25)15-27-19(7)31-30(38)12-23(32(22)36-26)33(31)37-27/h9,13-15,18,22,36,38H,2,8,10-12H2,1,3-7H3. The van der Waals surface area contributed by atoms with Crippen LogP contribution in [-0.4, -0.2) is 22.2 Å². The lowest BCUT2D eigenvalue weighted by molar-refractivity contribution is 0.399. The van der Waals surface area contributed by atoms with Crippen molar-refractivity contribution in [2.75, 3.05) is 0 Å². The van der Waals surface area contributed by atoms with Gasteiger partial charge in [0.05, 0.1) is 34.2 Å². The third kappa shape index (κ3) is 3.48. The van der Waals surface area contributed by atoms with Gasteiger partial charge in [-0.2, -0.15) is 0 Å². The molecule has 6 rings (SSSR count). The summed E-state index contributed by atoms with van der Waals surface area (Å²) in [6.07, 6.45) is 11.9. The normalized spacial score (nSPS) is 26.2. The van der Waals surface area contributed by atoms with Crippen molar-refractivity contribution in [2.45, 2.75) is 67.2 Å². The van der Waals surface area contributed by atoms with Crippen molar-refractivity contribution < 1.29 is 5.11 Å². The second-order valence-electron chi connectivity index (χ2n) is 11.0. The van der Waals surface area contributed by atoms with Crippen LogP contribution in [0.4, 0.5) is 0 Å². The van der Waals surface area contributed by atoms with E-state index >= 15 is 0 Å². The summed E-state index contributed by atoms with van der Waals surface area (Å²) in [4.78, 5) is 15.3. The third-order valence-corrected chi connectivity index (χ3v) is 8.90. The predicted molar refractivity (Wildman–Crippen MR) is 157 cm³/mol. The van der Waals surface area contributed by atoms with Crippen LogP contribution < -0.4 is 5.32 Å². The Kier molecular flexibility index (Phi) is 5.78. The SMILES string of the molecule is C=CC1=C(C)C2=NC1=CC1=NC(=CC3=C(C)C4=C(O)CC(=C5NC(=C2)C(C)C5CCC)C4=N3)C(CC)=C1C. The molecule has 0 aromatic carbocycles. The number of hydrogen-bond acceptors (Lipinski definition) is 5. The Hall–Kier alpha value is -3.73. The van der Waals surface area contributed by atoms with Crippen LogP contribution in [0.15, 0.2) is 119 Å². The largest absolute Gasteiger partial charge is 0.511 e. The summed E-state index contributed by atoms with van der Waals surface area (Å²) in [5, 5.41) is 14.9. The molecule has 38 heavy (non-hydrogen) atoms. The first-order valence-corrected chi connectivity index (χ1v) is 13.9. The molecule has 1 saturated heterocycles. The zero-order valence-electron chi connectivity index (χ0n) is 23.3. The molecule has 2 atom stereocenters. The van der Waals surface area contributed by atoms with Gasteiger partial charge in [0.1, 0.15) is 5.76 Å². The highest BCUT2D eigenvalue weighted by molar-refractivity contribution is 6.21. The lowest BCUT2D eigenvalue weighted by Crippen LogP contribution is -2.14. The molecule has 0 amide bonds. The van der Waals surface area contributed by atoms with Gasteiger partial charge in [-0.15, -0.1) is 0 Å². The van der Waals surface area contributed by atoms with E-state index in [1.54, 1.807) is 0 Å². The van der Waals surface area contributed by atoms with Gasteiger partial charge in [0.25, 0.3) is 0 Å². The van der Waals surface area contributed by atoms with E-state index in [0.29, 0.717) is 24.0 Å². The van der Waals surface area contributed by atoms with Crippen molar-refractivity contribution in [3.05, 3.63) is 104 Å². The summed E-state index contributed by atoms with van der Waals surface area (Å²) < 4.78 is 0. The van der Waals surface area contributed by atoms with Crippen molar-refractivity contribution in [3.63, 3.8) is 0 Å². The van der Waals surface area contributed by atoms with Crippen molar-refractivity contribution in [1.82, 2.24) is 5.32 Å². The van der Waals surface area contributed by atoms with Crippen LogP contribution in [0, 0.1) is 11.8 Å². The van der Waals surface area contributed by atoms with E-state index in [-0.39, 0.29) is 0 Å². The first-order chi connectivity index (χ1) is 18.3. The molecule has 5 heterocycles. The second-order valence-corrected chi connectivity index (χ2v) is 11.0. The lowest BCUT2D eigenvalue weighted by atomic mass is 9.86. The molecule has 2 unspecified atom stereocenters. The Morgan fingerprint density at radius 3 is 2.45 bits per heavy atom. The first kappa shape index (κ1) is 24.6. The minimum Gasteiger partial charge on any atom is -0.511 e. The smallest absolute Gasteiger partial charge is 0.106 e. The highest BCUT2D eigenvalue weighted by Gasteiger charge is 2.40. The Labute approximate surface area is 225 Å². The van der Waals surface area contributed by atoms with Crippen molar-refractivity contribution in [2.24, 2.45) is 26.8 Å². The topological polar surface area (TPSA) is 69.3 Å². The van der Waals surface area contributed by atoms with E-state index in [1.807, 2.05) is 6.08 Å². The molecule has 8 bridgehead atoms. The zero-order valence-corrected chi connectivity index (χ0v) is 23.3. The Morgan fingerprint density at radius 2 is 1.74 bits per heavy atom. The van der Waals surface area contributed by atoms with E-state index in [0.717, 1.165) is 81.4 Å². The van der Waals surface area contributed by atoms with E-state index in [4.69, 9.17) is 15.0 Å². The number of aliphatic imine (C=N–C) groups is 3. The highest BCUT2D eigenvalue weighted by Crippen LogP contribution is 2.46. The van der Waals surface area contributed by atoms with Gasteiger partial charge in [0.15, 0.2) is 0 Å². The predicted octanol–water partition coefficient (Wildman–Crippen LogP) is 7.64. The Morgan fingerprint density at radius 1 is 1.00 bits per heavy atom. The van der Waals surface area contributed by atoms with Crippen molar-refractivity contribution in [3.8, 4) is 0 Å². The minimum atomic E-state index is 0.311. The van der Waals surface area contributed by atoms with E-state index in [9.17, 15) is 5.11 Å². The van der Waals surface area contributed by atoms with Gasteiger partial charge in [-0.25, -0.2) is 15.0 Å². The molecule has 0 saturated carbocycles. The molecule has 6 aliphatic rings. The summed E-state index contributed by atoms with van der Waals surface area (Å²) >= 11 is 0. The number of aliphatic hydroxyl groups is 1. The minimum absolute atomic E-state index is 0.311. The van der Waals surface area contributed by atoms with E-state index < -0.39 is 0 Å². The van der Waals surface area contributed by atoms with Gasteiger partial charge in [-0.1, -0.05) is 39.8 Å². The van der Waals surface area contributed by atoms with Gasteiger partial charge in [-0.05, 0) is 74.1 Å². The molecular weight excluding hydrogens is 468 g/mol. The van der Waals surface area contributed by atoms with Crippen LogP contribution in [-0.2, 0) is 0 Å². The van der Waals surface area contributed by atoms with Crippen molar-refractivity contribution >= 4 is 17.1 Å². The van der Waals surface area contributed by atoms with Gasteiger partial charge >= 0.3 is 0 Å². The van der Waals surface area contributed by atoms with Crippen LogP contribution >= 0.6 is 0 Å². The molecule has 0 radical (unpaired) electrons. The summed E-state index contributed by atoms with van der Waals surface area (Å²) in [5.74, 6) is 1.07. The van der Waals surface area contributed by atoms with Crippen LogP contribution in [0.1, 0.15) is 67.2 Å². The molecular formula is C33H36N4O. The zero-order chi connectivity index (χ0) is 26.9. The second kappa shape index (κ2) is 8.93. The molecule has 0 aromatic rings. The van der Waals surface area contributed by atoms with Gasteiger partial charge in [0, 0.05) is 46.4 Å². The number of hydrogen-bond donors (Lipinski definition) is 2. The Bertz CT molecular complexity index is 1550. The fraction of sp³-hybridized carbons (Fsp3) is 0.364. The Balaban J connectivity index is 1.64. The molecule has 194 valence electrons. The third-order valence-electron chi connectivity index (χ3n) is 8.90. The molecule has 5 heteroatoms. The van der Waals surface area contributed by atoms with E-state index in [1.165, 1.54) is 22.5 Å². The fourth-order valence-electron chi connectivity index (χ4n) is 6.69. The summed E-state index contributed by atoms with van der Waals surface area (Å²) in [6, 6.07) is 0. The molecule has 2 N–H and O–H groups in total. The monoisotopic (exact) mass is 504 g/mol. The number of nitrogens with one attached hydrogen (secondary N) is 1. The quantitative estimate of drug-likeness (QED) is 0.413. The number of nitrogens with zero attached hydrogens (tertiary/aromatic N) is 3. The van der Waals surface area contributed by atoms with Crippen molar-refractivity contribution in [1.29, 1.82) is 0 Å². The molecule has 5 aliphatic heterocycles. The molecule has 1 aliphatic carbocycles. The summed E-state index contributed by atoms with van der Waals surface area (Å²) in [6.45, 7) is 17.1. The van der Waals surface area contributed by atoms with Crippen LogP contribution in [0.3, 0.4) is 0 Å².